The molecule has 0 aliphatic heterocycles. The second-order valence-corrected chi connectivity index (χ2v) is 9.93. The zero-order chi connectivity index (χ0) is 28.0. The van der Waals surface area contributed by atoms with E-state index >= 15 is 0 Å². The molecule has 15 heteroatoms. The van der Waals surface area contributed by atoms with E-state index in [0.29, 0.717) is 12.5 Å². The van der Waals surface area contributed by atoms with Crippen LogP contribution in [0, 0.1) is 18.3 Å². The maximum Gasteiger partial charge on any atom is 0.416 e. The molecule has 0 radical (unpaired) electrons. The number of hydrogen-bond acceptors (Lipinski definition) is 6. The lowest BCUT2D eigenvalue weighted by Crippen LogP contribution is -2.42. The van der Waals surface area contributed by atoms with Gasteiger partial charge in [-0.3, -0.25) is 14.5 Å². The van der Waals surface area contributed by atoms with Gasteiger partial charge in [-0.2, -0.15) is 36.3 Å². The zero-order valence-corrected chi connectivity index (χ0v) is 20.2. The van der Waals surface area contributed by atoms with E-state index in [4.69, 9.17) is 0 Å². The van der Waals surface area contributed by atoms with E-state index in [-0.39, 0.29) is 33.8 Å². The van der Waals surface area contributed by atoms with Crippen molar-refractivity contribution in [2.45, 2.75) is 37.1 Å². The van der Waals surface area contributed by atoms with Crippen molar-refractivity contribution in [2.24, 2.45) is 0 Å². The third kappa shape index (κ3) is 5.04. The van der Waals surface area contributed by atoms with E-state index < -0.39 is 38.9 Å². The van der Waals surface area contributed by atoms with Gasteiger partial charge in [0.25, 0.3) is 0 Å². The SMILES string of the molecule is Cc1cnc2c(C#N)c(-c3ccc(S(=O)(=O)N[C@@H](C)C(F)(F)F)cn3)n(-c3cc(C(F)(F)F)ccn3)c2c1. The van der Waals surface area contributed by atoms with Crippen LogP contribution in [-0.4, -0.2) is 40.2 Å². The Labute approximate surface area is 211 Å². The molecule has 0 saturated heterocycles. The minimum Gasteiger partial charge on any atom is -0.289 e. The highest BCUT2D eigenvalue weighted by atomic mass is 32.2. The first-order chi connectivity index (χ1) is 17.6. The highest BCUT2D eigenvalue weighted by molar-refractivity contribution is 7.89. The van der Waals surface area contributed by atoms with Crippen molar-refractivity contribution in [3.8, 4) is 23.3 Å². The Hall–Kier alpha value is -4.03. The molecule has 0 aliphatic rings. The molecule has 1 atom stereocenters. The van der Waals surface area contributed by atoms with Crippen LogP contribution in [0.1, 0.15) is 23.6 Å². The molecular formula is C23H16F6N6O2S. The van der Waals surface area contributed by atoms with Gasteiger partial charge >= 0.3 is 12.4 Å². The second-order valence-electron chi connectivity index (χ2n) is 8.22. The lowest BCUT2D eigenvalue weighted by Gasteiger charge is -2.17. The van der Waals surface area contributed by atoms with Crippen LogP contribution in [0.25, 0.3) is 28.2 Å². The number of nitrogens with one attached hydrogen (secondary N) is 1. The summed E-state index contributed by atoms with van der Waals surface area (Å²) in [5.74, 6) is -0.215. The summed E-state index contributed by atoms with van der Waals surface area (Å²) in [6.45, 7) is 2.32. The van der Waals surface area contributed by atoms with Gasteiger partial charge in [-0.05, 0) is 49.7 Å². The van der Waals surface area contributed by atoms with Crippen molar-refractivity contribution in [1.82, 2.24) is 24.2 Å². The smallest absolute Gasteiger partial charge is 0.289 e. The first-order valence-corrected chi connectivity index (χ1v) is 12.1. The average molecular weight is 554 g/mol. The molecule has 198 valence electrons. The standard InChI is InChI=1S/C23H16F6N6O2S/c1-12-7-18-20(33-10-12)16(9-30)21(35(18)19-8-14(5-6-31-19)23(27,28)29)17-4-3-15(11-32-17)38(36,37)34-13(2)22(24,25)26/h3-8,10-11,13,34H,1-2H3/t13-/m0/s1. The van der Waals surface area contributed by atoms with Gasteiger partial charge in [0, 0.05) is 18.6 Å². The number of alkyl halides is 6. The lowest BCUT2D eigenvalue weighted by molar-refractivity contribution is -0.147. The fourth-order valence-corrected chi connectivity index (χ4v) is 4.79. The molecule has 38 heavy (non-hydrogen) atoms. The Morgan fingerprint density at radius 2 is 1.74 bits per heavy atom. The number of hydrogen-bond donors (Lipinski definition) is 1. The number of rotatable bonds is 5. The molecule has 0 unspecified atom stereocenters. The monoisotopic (exact) mass is 554 g/mol. The molecule has 4 rings (SSSR count). The summed E-state index contributed by atoms with van der Waals surface area (Å²) in [4.78, 5) is 11.7. The summed E-state index contributed by atoms with van der Waals surface area (Å²) in [7, 11) is -4.63. The molecule has 0 fully saturated rings. The van der Waals surface area contributed by atoms with Gasteiger partial charge in [0.1, 0.15) is 33.9 Å². The van der Waals surface area contributed by atoms with Crippen LogP contribution < -0.4 is 4.72 Å². The molecule has 0 amide bonds. The highest BCUT2D eigenvalue weighted by Gasteiger charge is 2.39. The Bertz CT molecular complexity index is 1670. The van der Waals surface area contributed by atoms with Gasteiger partial charge in [0.15, 0.2) is 0 Å². The summed E-state index contributed by atoms with van der Waals surface area (Å²) >= 11 is 0. The quantitative estimate of drug-likeness (QED) is 0.351. The Morgan fingerprint density at radius 3 is 2.32 bits per heavy atom. The van der Waals surface area contributed by atoms with Crippen LogP contribution in [0.15, 0.2) is 53.8 Å². The topological polar surface area (TPSA) is 114 Å². The second kappa shape index (κ2) is 9.37. The highest BCUT2D eigenvalue weighted by Crippen LogP contribution is 2.36. The van der Waals surface area contributed by atoms with Gasteiger partial charge in [0.05, 0.1) is 22.5 Å². The van der Waals surface area contributed by atoms with Gasteiger partial charge in [-0.1, -0.05) is 0 Å². The van der Waals surface area contributed by atoms with Crippen LogP contribution in [0.3, 0.4) is 0 Å². The number of pyridine rings is 3. The summed E-state index contributed by atoms with van der Waals surface area (Å²) in [6, 6.07) is 4.79. The van der Waals surface area contributed by atoms with E-state index in [1.165, 1.54) is 15.5 Å². The van der Waals surface area contributed by atoms with Crippen molar-refractivity contribution in [3.05, 3.63) is 65.6 Å². The number of sulfonamides is 1. The Morgan fingerprint density at radius 1 is 1.03 bits per heavy atom. The number of fused-ring (bicyclic) bond motifs is 1. The maximum atomic E-state index is 13.4. The van der Waals surface area contributed by atoms with Crippen molar-refractivity contribution < 1.29 is 34.8 Å². The number of nitrogens with zero attached hydrogens (tertiary/aromatic N) is 5. The van der Waals surface area contributed by atoms with Crippen molar-refractivity contribution >= 4 is 21.1 Å². The molecule has 4 aromatic heterocycles. The van der Waals surface area contributed by atoms with E-state index in [0.717, 1.165) is 36.7 Å². The maximum absolute atomic E-state index is 13.4. The van der Waals surface area contributed by atoms with Gasteiger partial charge in [0.2, 0.25) is 10.0 Å². The van der Waals surface area contributed by atoms with Crippen LogP contribution in [0.5, 0.6) is 0 Å². The molecule has 8 nitrogen and oxygen atoms in total. The van der Waals surface area contributed by atoms with Crippen molar-refractivity contribution in [2.75, 3.05) is 0 Å². The molecule has 0 bridgehead atoms. The van der Waals surface area contributed by atoms with Gasteiger partial charge in [-0.25, -0.2) is 13.4 Å². The van der Waals surface area contributed by atoms with Crippen LogP contribution >= 0.6 is 0 Å². The predicted octanol–water partition coefficient (Wildman–Crippen LogP) is 4.91. The predicted molar refractivity (Wildman–Crippen MR) is 122 cm³/mol. The van der Waals surface area contributed by atoms with Crippen LogP contribution in [0.2, 0.25) is 0 Å². The number of halogens is 6. The van der Waals surface area contributed by atoms with Crippen molar-refractivity contribution in [3.63, 3.8) is 0 Å². The zero-order valence-electron chi connectivity index (χ0n) is 19.4. The first-order valence-electron chi connectivity index (χ1n) is 10.6. The fourth-order valence-electron chi connectivity index (χ4n) is 3.61. The largest absolute Gasteiger partial charge is 0.416 e. The molecule has 0 aromatic carbocycles. The molecule has 0 saturated carbocycles. The van der Waals surface area contributed by atoms with Gasteiger partial charge < -0.3 is 0 Å². The summed E-state index contributed by atoms with van der Waals surface area (Å²) in [5, 5.41) is 9.91. The van der Waals surface area contributed by atoms with E-state index in [1.54, 1.807) is 13.0 Å². The lowest BCUT2D eigenvalue weighted by atomic mass is 10.1. The Kier molecular flexibility index (Phi) is 6.66. The molecule has 4 aromatic rings. The van der Waals surface area contributed by atoms with E-state index in [1.807, 2.05) is 6.07 Å². The summed E-state index contributed by atoms with van der Waals surface area (Å²) in [6.07, 6.45) is -6.34. The van der Waals surface area contributed by atoms with Crippen LogP contribution in [0.4, 0.5) is 26.3 Å². The molecular weight excluding hydrogens is 538 g/mol. The van der Waals surface area contributed by atoms with E-state index in [9.17, 15) is 40.0 Å². The Balaban J connectivity index is 1.92. The minimum absolute atomic E-state index is 0.0343. The fraction of sp³-hybridized carbons (Fsp3) is 0.217. The summed E-state index contributed by atoms with van der Waals surface area (Å²) < 4.78 is 106. The third-order valence-corrected chi connectivity index (χ3v) is 6.99. The van der Waals surface area contributed by atoms with Crippen molar-refractivity contribution in [1.29, 1.82) is 5.26 Å². The number of aromatic nitrogens is 4. The number of nitriles is 1. The average Bonchev–Trinajstić information content (AvgIpc) is 3.16. The summed E-state index contributed by atoms with van der Waals surface area (Å²) in [5.41, 5.74) is -0.181. The number of aryl methyl sites for hydroxylation is 1. The molecule has 0 spiro atoms. The first kappa shape index (κ1) is 27.0. The van der Waals surface area contributed by atoms with Gasteiger partial charge in [-0.15, -0.1) is 0 Å². The van der Waals surface area contributed by atoms with Crippen LogP contribution in [-0.2, 0) is 16.2 Å². The molecule has 1 N–H and O–H groups in total. The molecule has 4 heterocycles. The van der Waals surface area contributed by atoms with E-state index in [2.05, 4.69) is 15.0 Å². The normalized spacial score (nSPS) is 13.4. The minimum atomic E-state index is -4.83. The third-order valence-electron chi connectivity index (χ3n) is 5.47. The molecule has 0 aliphatic carbocycles.